The van der Waals surface area contributed by atoms with Crippen LogP contribution in [0.3, 0.4) is 0 Å². The van der Waals surface area contributed by atoms with E-state index in [-0.39, 0.29) is 18.5 Å². The maximum atomic E-state index is 11.3. The number of hydrogen-bond donors (Lipinski definition) is 1. The lowest BCUT2D eigenvalue weighted by molar-refractivity contribution is -0.138. The predicted octanol–water partition coefficient (Wildman–Crippen LogP) is 1.77. The number of aliphatic carboxylic acids is 1. The molecular formula is C20H25N3O4. The monoisotopic (exact) mass is 371 g/mol. The average molecular weight is 371 g/mol. The third kappa shape index (κ3) is 3.70. The maximum Gasteiger partial charge on any atom is 0.317 e. The Balaban J connectivity index is 1.67. The molecular weight excluding hydrogens is 346 g/mol. The molecule has 7 heteroatoms. The van der Waals surface area contributed by atoms with Gasteiger partial charge < -0.3 is 19.5 Å². The molecule has 2 atom stereocenters. The molecule has 3 heterocycles. The molecule has 1 aromatic heterocycles. The quantitative estimate of drug-likeness (QED) is 0.878. The van der Waals surface area contributed by atoms with Gasteiger partial charge in [-0.1, -0.05) is 0 Å². The number of methoxy groups -OCH3 is 1. The van der Waals surface area contributed by atoms with Gasteiger partial charge in [-0.25, -0.2) is 4.98 Å². The highest BCUT2D eigenvalue weighted by Gasteiger charge is 2.34. The number of ether oxygens (including phenoxy) is 2. The molecule has 2 aliphatic heterocycles. The zero-order valence-corrected chi connectivity index (χ0v) is 15.7. The SMILES string of the molecule is COc1ccc2c(C)cc(N3C[C@@H]4COC[C@H](C3)N(CC(=O)O)C4)nc2c1. The van der Waals surface area contributed by atoms with E-state index in [0.717, 1.165) is 35.6 Å². The summed E-state index contributed by atoms with van der Waals surface area (Å²) in [5.41, 5.74) is 2.09. The van der Waals surface area contributed by atoms with Gasteiger partial charge >= 0.3 is 5.97 Å². The van der Waals surface area contributed by atoms with Crippen LogP contribution in [0.25, 0.3) is 10.9 Å². The van der Waals surface area contributed by atoms with Crippen LogP contribution in [0.1, 0.15) is 5.56 Å². The van der Waals surface area contributed by atoms with Crippen molar-refractivity contribution >= 4 is 22.7 Å². The van der Waals surface area contributed by atoms with Gasteiger partial charge in [0.15, 0.2) is 0 Å². The normalized spacial score (nSPS) is 23.3. The number of fused-ring (bicyclic) bond motifs is 4. The van der Waals surface area contributed by atoms with E-state index in [1.807, 2.05) is 23.1 Å². The number of aromatic nitrogens is 1. The molecule has 2 fully saturated rings. The first kappa shape index (κ1) is 18.0. The molecule has 144 valence electrons. The van der Waals surface area contributed by atoms with Crippen molar-refractivity contribution in [2.45, 2.75) is 13.0 Å². The van der Waals surface area contributed by atoms with Crippen LogP contribution in [-0.4, -0.2) is 73.5 Å². The first-order valence-corrected chi connectivity index (χ1v) is 9.27. The van der Waals surface area contributed by atoms with Crippen molar-refractivity contribution < 1.29 is 19.4 Å². The lowest BCUT2D eigenvalue weighted by Gasteiger charge is -2.31. The van der Waals surface area contributed by atoms with E-state index < -0.39 is 5.97 Å². The summed E-state index contributed by atoms with van der Waals surface area (Å²) in [5, 5.41) is 10.4. The van der Waals surface area contributed by atoms with E-state index in [1.165, 1.54) is 5.56 Å². The molecule has 0 unspecified atom stereocenters. The molecule has 0 saturated carbocycles. The van der Waals surface area contributed by atoms with E-state index in [0.29, 0.717) is 19.8 Å². The Morgan fingerprint density at radius 2 is 2.15 bits per heavy atom. The van der Waals surface area contributed by atoms with E-state index in [4.69, 9.17) is 14.5 Å². The van der Waals surface area contributed by atoms with Gasteiger partial charge in [0.25, 0.3) is 0 Å². The minimum absolute atomic E-state index is 0.0525. The molecule has 0 spiro atoms. The number of rotatable bonds is 4. The Bertz CT molecular complexity index is 856. The van der Waals surface area contributed by atoms with Gasteiger partial charge in [-0.05, 0) is 30.7 Å². The molecule has 2 bridgehead atoms. The Morgan fingerprint density at radius 1 is 1.30 bits per heavy atom. The molecule has 0 aliphatic carbocycles. The fourth-order valence-corrected chi connectivity index (χ4v) is 4.14. The summed E-state index contributed by atoms with van der Waals surface area (Å²) in [5.74, 6) is 1.20. The third-order valence-corrected chi connectivity index (χ3v) is 5.46. The third-order valence-electron chi connectivity index (χ3n) is 5.46. The zero-order chi connectivity index (χ0) is 19.0. The Morgan fingerprint density at radius 3 is 2.93 bits per heavy atom. The number of benzene rings is 1. The number of carbonyl (C=O) groups is 1. The summed E-state index contributed by atoms with van der Waals surface area (Å²) in [4.78, 5) is 20.5. The molecule has 4 rings (SSSR count). The first-order chi connectivity index (χ1) is 13.0. The first-order valence-electron chi connectivity index (χ1n) is 9.27. The zero-order valence-electron chi connectivity index (χ0n) is 15.7. The van der Waals surface area contributed by atoms with Crippen LogP contribution in [0.4, 0.5) is 5.82 Å². The smallest absolute Gasteiger partial charge is 0.317 e. The van der Waals surface area contributed by atoms with Gasteiger partial charge in [0.2, 0.25) is 0 Å². The number of nitrogens with zero attached hydrogens (tertiary/aromatic N) is 3. The van der Waals surface area contributed by atoms with Crippen LogP contribution in [0.2, 0.25) is 0 Å². The minimum Gasteiger partial charge on any atom is -0.497 e. The number of anilines is 1. The second-order valence-corrected chi connectivity index (χ2v) is 7.47. The standard InChI is InChI=1S/C20H25N3O4/c1-13-5-19(21-18-6-16(26-2)3-4-17(13)18)23-8-14-7-22(10-20(24)25)15(9-23)12-27-11-14/h3-6,14-15H,7-12H2,1-2H3,(H,24,25)/t14-,15+/m1/s1. The van der Waals surface area contributed by atoms with E-state index in [1.54, 1.807) is 7.11 Å². The van der Waals surface area contributed by atoms with Gasteiger partial charge in [-0.3, -0.25) is 9.69 Å². The van der Waals surface area contributed by atoms with Crippen LogP contribution < -0.4 is 9.64 Å². The van der Waals surface area contributed by atoms with Gasteiger partial charge in [-0.15, -0.1) is 0 Å². The van der Waals surface area contributed by atoms with E-state index in [2.05, 4.69) is 17.9 Å². The van der Waals surface area contributed by atoms with Crippen LogP contribution in [-0.2, 0) is 9.53 Å². The topological polar surface area (TPSA) is 75.1 Å². The van der Waals surface area contributed by atoms with Crippen LogP contribution in [0, 0.1) is 12.8 Å². The summed E-state index contributed by atoms with van der Waals surface area (Å²) in [7, 11) is 1.66. The summed E-state index contributed by atoms with van der Waals surface area (Å²) in [6.07, 6.45) is 0. The van der Waals surface area contributed by atoms with Gasteiger partial charge in [0.1, 0.15) is 11.6 Å². The minimum atomic E-state index is -0.791. The van der Waals surface area contributed by atoms with Crippen molar-refractivity contribution in [1.29, 1.82) is 0 Å². The molecule has 27 heavy (non-hydrogen) atoms. The van der Waals surface area contributed by atoms with Crippen LogP contribution in [0.5, 0.6) is 5.75 Å². The molecule has 2 aromatic rings. The van der Waals surface area contributed by atoms with Crippen molar-refractivity contribution in [1.82, 2.24) is 9.88 Å². The Labute approximate surface area is 158 Å². The van der Waals surface area contributed by atoms with E-state index >= 15 is 0 Å². The molecule has 0 amide bonds. The molecule has 1 aromatic carbocycles. The molecule has 1 N–H and O–H groups in total. The second-order valence-electron chi connectivity index (χ2n) is 7.47. The van der Waals surface area contributed by atoms with Crippen molar-refractivity contribution in [3.63, 3.8) is 0 Å². The average Bonchev–Trinajstić information content (AvgIpc) is 2.90. The molecule has 2 aliphatic rings. The van der Waals surface area contributed by atoms with Gasteiger partial charge in [0, 0.05) is 37.0 Å². The van der Waals surface area contributed by atoms with Gasteiger partial charge in [-0.2, -0.15) is 0 Å². The summed E-state index contributed by atoms with van der Waals surface area (Å²) in [6.45, 7) is 5.64. The van der Waals surface area contributed by atoms with Crippen molar-refractivity contribution in [2.24, 2.45) is 5.92 Å². The highest BCUT2D eigenvalue weighted by Crippen LogP contribution is 2.28. The fraction of sp³-hybridized carbons (Fsp3) is 0.500. The fourth-order valence-electron chi connectivity index (χ4n) is 4.14. The number of aryl methyl sites for hydroxylation is 1. The summed E-state index contributed by atoms with van der Waals surface area (Å²) < 4.78 is 11.1. The van der Waals surface area contributed by atoms with Crippen molar-refractivity contribution in [3.8, 4) is 5.75 Å². The second kappa shape index (κ2) is 7.32. The van der Waals surface area contributed by atoms with Gasteiger partial charge in [0.05, 0.1) is 38.4 Å². The molecule has 0 radical (unpaired) electrons. The lowest BCUT2D eigenvalue weighted by Crippen LogP contribution is -2.45. The van der Waals surface area contributed by atoms with Crippen LogP contribution >= 0.6 is 0 Å². The number of carboxylic acids is 1. The molecule has 7 nitrogen and oxygen atoms in total. The summed E-state index contributed by atoms with van der Waals surface area (Å²) >= 11 is 0. The largest absolute Gasteiger partial charge is 0.497 e. The number of pyridine rings is 1. The summed E-state index contributed by atoms with van der Waals surface area (Å²) in [6, 6.07) is 8.13. The van der Waals surface area contributed by atoms with E-state index in [9.17, 15) is 9.90 Å². The Hall–Kier alpha value is -2.38. The van der Waals surface area contributed by atoms with Crippen LogP contribution in [0.15, 0.2) is 24.3 Å². The highest BCUT2D eigenvalue weighted by molar-refractivity contribution is 5.85. The van der Waals surface area contributed by atoms with Crippen molar-refractivity contribution in [3.05, 3.63) is 29.8 Å². The Kier molecular flexibility index (Phi) is 4.88. The molecule has 2 saturated heterocycles. The predicted molar refractivity (Wildman–Crippen MR) is 103 cm³/mol. The maximum absolute atomic E-state index is 11.3. The number of hydrogen-bond acceptors (Lipinski definition) is 6. The highest BCUT2D eigenvalue weighted by atomic mass is 16.5. The lowest BCUT2D eigenvalue weighted by atomic mass is 10.1. The number of carboxylic acid groups (broad SMARTS) is 1. The van der Waals surface area contributed by atoms with Crippen molar-refractivity contribution in [2.75, 3.05) is 51.4 Å².